The van der Waals surface area contributed by atoms with E-state index in [2.05, 4.69) is 15.6 Å². The van der Waals surface area contributed by atoms with Gasteiger partial charge in [-0.05, 0) is 45.7 Å². The molecule has 7 nitrogen and oxygen atoms in total. The van der Waals surface area contributed by atoms with Crippen LogP contribution in [-0.4, -0.2) is 32.0 Å². The van der Waals surface area contributed by atoms with Gasteiger partial charge in [0.15, 0.2) is 5.69 Å². The number of aryl methyl sites for hydroxylation is 3. The maximum absolute atomic E-state index is 12.5. The number of hydrogen-bond donors (Lipinski definition) is 2. The Morgan fingerprint density at radius 1 is 1.17 bits per heavy atom. The zero-order valence-corrected chi connectivity index (χ0v) is 13.8. The molecular weight excluding hydrogens is 296 g/mol. The number of nitrogens with one attached hydrogen (secondary N) is 1. The van der Waals surface area contributed by atoms with Gasteiger partial charge in [-0.3, -0.25) is 4.79 Å². The largest absolute Gasteiger partial charge is 0.476 e. The van der Waals surface area contributed by atoms with Gasteiger partial charge in [-0.2, -0.15) is 0 Å². The van der Waals surface area contributed by atoms with Gasteiger partial charge in [0.25, 0.3) is 0 Å². The number of amides is 1. The highest BCUT2D eigenvalue weighted by molar-refractivity contribution is 5.95. The number of benzene rings is 1. The lowest BCUT2D eigenvalue weighted by Gasteiger charge is -2.17. The molecule has 2 rings (SSSR count). The quantitative estimate of drug-likeness (QED) is 0.902. The molecule has 0 spiro atoms. The van der Waals surface area contributed by atoms with Crippen molar-refractivity contribution in [2.24, 2.45) is 0 Å². The molecule has 0 saturated carbocycles. The number of carboxylic acids is 1. The van der Waals surface area contributed by atoms with Crippen molar-refractivity contribution in [1.29, 1.82) is 0 Å². The average molecular weight is 316 g/mol. The van der Waals surface area contributed by atoms with Crippen LogP contribution in [0.25, 0.3) is 0 Å². The molecule has 0 fully saturated rings. The summed E-state index contributed by atoms with van der Waals surface area (Å²) < 4.78 is 1.32. The van der Waals surface area contributed by atoms with Crippen molar-refractivity contribution in [3.63, 3.8) is 0 Å². The van der Waals surface area contributed by atoms with E-state index in [1.807, 2.05) is 32.9 Å². The molecule has 0 aliphatic rings. The average Bonchev–Trinajstić information content (AvgIpc) is 2.83. The molecule has 2 aromatic rings. The Kier molecular flexibility index (Phi) is 4.49. The van der Waals surface area contributed by atoms with Crippen molar-refractivity contribution in [2.75, 3.05) is 5.32 Å². The predicted molar refractivity (Wildman–Crippen MR) is 85.7 cm³/mol. The van der Waals surface area contributed by atoms with E-state index in [1.54, 1.807) is 13.8 Å². The Hall–Kier alpha value is -2.70. The van der Waals surface area contributed by atoms with E-state index in [0.29, 0.717) is 5.69 Å². The van der Waals surface area contributed by atoms with Crippen molar-refractivity contribution in [1.82, 2.24) is 15.0 Å². The highest BCUT2D eigenvalue weighted by Gasteiger charge is 2.23. The van der Waals surface area contributed by atoms with E-state index in [4.69, 9.17) is 5.11 Å². The van der Waals surface area contributed by atoms with Gasteiger partial charge in [0.2, 0.25) is 5.91 Å². The first kappa shape index (κ1) is 16.7. The summed E-state index contributed by atoms with van der Waals surface area (Å²) in [6.45, 7) is 9.10. The maximum Gasteiger partial charge on any atom is 0.358 e. The molecular formula is C16H20N4O3. The minimum Gasteiger partial charge on any atom is -0.476 e. The molecule has 23 heavy (non-hydrogen) atoms. The molecule has 122 valence electrons. The molecule has 1 heterocycles. The van der Waals surface area contributed by atoms with Gasteiger partial charge in [-0.25, -0.2) is 9.48 Å². The third-order valence-corrected chi connectivity index (χ3v) is 3.80. The van der Waals surface area contributed by atoms with E-state index in [0.717, 1.165) is 22.4 Å². The first-order valence-electron chi connectivity index (χ1n) is 7.26. The Labute approximate surface area is 134 Å². The Morgan fingerprint density at radius 2 is 1.74 bits per heavy atom. The number of rotatable bonds is 4. The van der Waals surface area contributed by atoms with Gasteiger partial charge in [0.1, 0.15) is 6.04 Å². The second-order valence-corrected chi connectivity index (χ2v) is 5.71. The topological polar surface area (TPSA) is 97.1 Å². The fourth-order valence-electron chi connectivity index (χ4n) is 2.62. The molecule has 1 unspecified atom stereocenters. The fraction of sp³-hybridized carbons (Fsp3) is 0.375. The number of carbonyl (C=O) groups is 2. The van der Waals surface area contributed by atoms with Crippen LogP contribution in [0.2, 0.25) is 0 Å². The minimum absolute atomic E-state index is 0.146. The van der Waals surface area contributed by atoms with Crippen molar-refractivity contribution >= 4 is 17.6 Å². The molecule has 0 bridgehead atoms. The lowest BCUT2D eigenvalue weighted by atomic mass is 10.0. The zero-order valence-electron chi connectivity index (χ0n) is 13.8. The summed E-state index contributed by atoms with van der Waals surface area (Å²) in [5.74, 6) is -1.43. The van der Waals surface area contributed by atoms with Crippen LogP contribution >= 0.6 is 0 Å². The van der Waals surface area contributed by atoms with Crippen LogP contribution in [-0.2, 0) is 4.79 Å². The van der Waals surface area contributed by atoms with Gasteiger partial charge in [0, 0.05) is 5.69 Å². The van der Waals surface area contributed by atoms with E-state index in [9.17, 15) is 9.59 Å². The molecule has 1 amide bonds. The maximum atomic E-state index is 12.5. The standard InChI is InChI=1S/C16H20N4O3/c1-8-6-9(2)13(10(3)7-8)17-15(21)12(5)20-11(4)14(16(22)23)18-19-20/h6-7,12H,1-5H3,(H,17,21)(H,22,23). The second-order valence-electron chi connectivity index (χ2n) is 5.71. The first-order chi connectivity index (χ1) is 10.7. The third-order valence-electron chi connectivity index (χ3n) is 3.80. The summed E-state index contributed by atoms with van der Waals surface area (Å²) >= 11 is 0. The number of aromatic nitrogens is 3. The van der Waals surface area contributed by atoms with Gasteiger partial charge in [-0.1, -0.05) is 22.9 Å². The number of aromatic carboxylic acids is 1. The minimum atomic E-state index is -1.16. The van der Waals surface area contributed by atoms with Crippen LogP contribution in [0.1, 0.15) is 45.8 Å². The highest BCUT2D eigenvalue weighted by Crippen LogP contribution is 2.23. The van der Waals surface area contributed by atoms with E-state index < -0.39 is 12.0 Å². The normalized spacial score (nSPS) is 12.0. The summed E-state index contributed by atoms with van der Waals surface area (Å²) in [5, 5.41) is 19.3. The summed E-state index contributed by atoms with van der Waals surface area (Å²) in [4.78, 5) is 23.5. The van der Waals surface area contributed by atoms with Crippen LogP contribution in [0.4, 0.5) is 5.69 Å². The van der Waals surface area contributed by atoms with Crippen LogP contribution in [0.15, 0.2) is 12.1 Å². The molecule has 0 radical (unpaired) electrons. The van der Waals surface area contributed by atoms with E-state index >= 15 is 0 Å². The van der Waals surface area contributed by atoms with Gasteiger partial charge < -0.3 is 10.4 Å². The smallest absolute Gasteiger partial charge is 0.358 e. The summed E-state index contributed by atoms with van der Waals surface area (Å²) in [6, 6.07) is 3.32. The molecule has 1 aromatic heterocycles. The Bertz CT molecular complexity index is 757. The van der Waals surface area contributed by atoms with E-state index in [1.165, 1.54) is 4.68 Å². The summed E-state index contributed by atoms with van der Waals surface area (Å²) in [5.41, 5.74) is 4.05. The summed E-state index contributed by atoms with van der Waals surface area (Å²) in [7, 11) is 0. The van der Waals surface area contributed by atoms with Gasteiger partial charge in [0.05, 0.1) is 5.69 Å². The monoisotopic (exact) mass is 316 g/mol. The number of hydrogen-bond acceptors (Lipinski definition) is 4. The molecule has 1 aromatic carbocycles. The van der Waals surface area contributed by atoms with Crippen molar-refractivity contribution in [3.05, 3.63) is 40.2 Å². The third kappa shape index (κ3) is 3.23. The molecule has 2 N–H and O–H groups in total. The Balaban J connectivity index is 2.26. The van der Waals surface area contributed by atoms with Gasteiger partial charge in [-0.15, -0.1) is 5.10 Å². The van der Waals surface area contributed by atoms with E-state index in [-0.39, 0.29) is 11.6 Å². The molecule has 0 aliphatic carbocycles. The molecule has 0 saturated heterocycles. The second kappa shape index (κ2) is 6.20. The van der Waals surface area contributed by atoms with Gasteiger partial charge >= 0.3 is 5.97 Å². The lowest BCUT2D eigenvalue weighted by molar-refractivity contribution is -0.119. The number of anilines is 1. The Morgan fingerprint density at radius 3 is 2.22 bits per heavy atom. The van der Waals surface area contributed by atoms with Crippen molar-refractivity contribution in [3.8, 4) is 0 Å². The van der Waals surface area contributed by atoms with Crippen LogP contribution < -0.4 is 5.32 Å². The molecule has 1 atom stereocenters. The fourth-order valence-corrected chi connectivity index (χ4v) is 2.62. The SMILES string of the molecule is Cc1cc(C)c(NC(=O)C(C)n2nnc(C(=O)O)c2C)c(C)c1. The highest BCUT2D eigenvalue weighted by atomic mass is 16.4. The van der Waals surface area contributed by atoms with Crippen molar-refractivity contribution in [2.45, 2.75) is 40.7 Å². The molecule has 7 heteroatoms. The van der Waals surface area contributed by atoms with Crippen LogP contribution in [0.5, 0.6) is 0 Å². The van der Waals surface area contributed by atoms with Crippen LogP contribution in [0.3, 0.4) is 0 Å². The van der Waals surface area contributed by atoms with Crippen LogP contribution in [0, 0.1) is 27.7 Å². The predicted octanol–water partition coefficient (Wildman–Crippen LogP) is 2.41. The number of carboxylic acid groups (broad SMARTS) is 1. The number of nitrogens with zero attached hydrogens (tertiary/aromatic N) is 3. The number of carbonyl (C=O) groups excluding carboxylic acids is 1. The first-order valence-corrected chi connectivity index (χ1v) is 7.26. The zero-order chi connectivity index (χ0) is 17.3. The lowest BCUT2D eigenvalue weighted by Crippen LogP contribution is -2.26. The van der Waals surface area contributed by atoms with Crippen molar-refractivity contribution < 1.29 is 14.7 Å². The molecule has 0 aliphatic heterocycles. The summed E-state index contributed by atoms with van der Waals surface area (Å²) in [6.07, 6.45) is 0.